The molecule has 0 unspecified atom stereocenters. The summed E-state index contributed by atoms with van der Waals surface area (Å²) in [6, 6.07) is 52.0. The van der Waals surface area contributed by atoms with Crippen molar-refractivity contribution in [3.63, 3.8) is 0 Å². The molecule has 1 aliphatic carbocycles. The lowest BCUT2D eigenvalue weighted by atomic mass is 9.77. The highest BCUT2D eigenvalue weighted by atomic mass is 15.1. The van der Waals surface area contributed by atoms with Crippen molar-refractivity contribution in [1.29, 1.82) is 0 Å². The summed E-state index contributed by atoms with van der Waals surface area (Å²) < 4.78 is 0. The number of fused-ring (bicyclic) bond motifs is 6. The minimum absolute atomic E-state index is 0.502. The molecule has 0 spiro atoms. The van der Waals surface area contributed by atoms with Crippen molar-refractivity contribution < 1.29 is 0 Å². The predicted octanol–water partition coefficient (Wildman–Crippen LogP) is 13.0. The van der Waals surface area contributed by atoms with Crippen molar-refractivity contribution in [3.05, 3.63) is 151 Å². The number of hydrogen-bond acceptors (Lipinski definition) is 1. The summed E-state index contributed by atoms with van der Waals surface area (Å²) in [5.41, 5.74) is 14.1. The Morgan fingerprint density at radius 1 is 0.356 bits per heavy atom. The average molecular weight is 580 g/mol. The first-order valence-electron chi connectivity index (χ1n) is 16.1. The fourth-order valence-electron chi connectivity index (χ4n) is 6.82. The Bertz CT molecular complexity index is 2140. The van der Waals surface area contributed by atoms with E-state index in [-0.39, 0.29) is 0 Å². The molecule has 8 rings (SSSR count). The summed E-state index contributed by atoms with van der Waals surface area (Å²) in [6.45, 7) is 9.00. The SMILES string of the molecule is CC(C)c1ccc(N(c2ccc(C(C)C)cc2)c2ccc3cc4c(cc3c2)-c2cc3ccc(-c5ccccc5)cc3cc2-4)cc1. The first-order valence-corrected chi connectivity index (χ1v) is 16.1. The van der Waals surface area contributed by atoms with Crippen molar-refractivity contribution in [3.8, 4) is 33.4 Å². The van der Waals surface area contributed by atoms with Crippen LogP contribution < -0.4 is 4.90 Å². The summed E-state index contributed by atoms with van der Waals surface area (Å²) in [4.78, 5) is 2.39. The normalized spacial score (nSPS) is 12.0. The molecule has 1 nitrogen and oxygen atoms in total. The van der Waals surface area contributed by atoms with Crippen molar-refractivity contribution in [2.75, 3.05) is 4.90 Å². The molecule has 0 saturated heterocycles. The molecule has 0 heterocycles. The Hall–Kier alpha value is -5.14. The van der Waals surface area contributed by atoms with Crippen molar-refractivity contribution >= 4 is 38.6 Å². The third kappa shape index (κ3) is 4.80. The summed E-state index contributed by atoms with van der Waals surface area (Å²) in [7, 11) is 0. The highest BCUT2D eigenvalue weighted by molar-refractivity contribution is 6.12. The first-order chi connectivity index (χ1) is 21.9. The maximum atomic E-state index is 2.39. The maximum absolute atomic E-state index is 2.39. The van der Waals surface area contributed by atoms with E-state index in [0.29, 0.717) is 11.8 Å². The molecule has 0 aliphatic heterocycles. The fourth-order valence-corrected chi connectivity index (χ4v) is 6.82. The van der Waals surface area contributed by atoms with Gasteiger partial charge in [-0.05, 0) is 145 Å². The number of nitrogens with zero attached hydrogens (tertiary/aromatic N) is 1. The van der Waals surface area contributed by atoms with E-state index in [1.165, 1.54) is 83.1 Å². The lowest BCUT2D eigenvalue weighted by Gasteiger charge is -2.28. The van der Waals surface area contributed by atoms with Gasteiger partial charge in [0.15, 0.2) is 0 Å². The molecule has 1 heteroatoms. The molecular weight excluding hydrogens is 542 g/mol. The van der Waals surface area contributed by atoms with Crippen LogP contribution in [0, 0.1) is 0 Å². The van der Waals surface area contributed by atoms with Gasteiger partial charge in [-0.1, -0.05) is 100 Å². The summed E-state index contributed by atoms with van der Waals surface area (Å²) >= 11 is 0. The van der Waals surface area contributed by atoms with Crippen molar-refractivity contribution in [2.45, 2.75) is 39.5 Å². The van der Waals surface area contributed by atoms with E-state index in [0.717, 1.165) is 0 Å². The molecule has 45 heavy (non-hydrogen) atoms. The second-order valence-electron chi connectivity index (χ2n) is 13.1. The Labute approximate surface area is 266 Å². The minimum atomic E-state index is 0.502. The van der Waals surface area contributed by atoms with Gasteiger partial charge in [-0.15, -0.1) is 0 Å². The Balaban J connectivity index is 1.20. The molecule has 0 fully saturated rings. The van der Waals surface area contributed by atoms with Crippen LogP contribution in [0.5, 0.6) is 0 Å². The highest BCUT2D eigenvalue weighted by Crippen LogP contribution is 2.51. The average Bonchev–Trinajstić information content (AvgIpc) is 3.07. The van der Waals surface area contributed by atoms with E-state index in [1.807, 2.05) is 0 Å². The largest absolute Gasteiger partial charge is 0.310 e. The van der Waals surface area contributed by atoms with Gasteiger partial charge in [0.1, 0.15) is 0 Å². The van der Waals surface area contributed by atoms with Gasteiger partial charge < -0.3 is 4.90 Å². The third-order valence-corrected chi connectivity index (χ3v) is 9.52. The van der Waals surface area contributed by atoms with E-state index < -0.39 is 0 Å². The molecule has 0 N–H and O–H groups in total. The quantitative estimate of drug-likeness (QED) is 0.189. The third-order valence-electron chi connectivity index (χ3n) is 9.52. The minimum Gasteiger partial charge on any atom is -0.310 e. The van der Waals surface area contributed by atoms with Gasteiger partial charge in [0, 0.05) is 17.1 Å². The molecule has 0 aromatic heterocycles. The maximum Gasteiger partial charge on any atom is 0.0468 e. The highest BCUT2D eigenvalue weighted by Gasteiger charge is 2.24. The molecule has 0 radical (unpaired) electrons. The molecule has 0 bridgehead atoms. The van der Waals surface area contributed by atoms with Crippen LogP contribution in [0.25, 0.3) is 54.9 Å². The zero-order valence-electron chi connectivity index (χ0n) is 26.4. The molecule has 7 aromatic rings. The van der Waals surface area contributed by atoms with Gasteiger partial charge in [-0.2, -0.15) is 0 Å². The molecular formula is C44H37N. The fraction of sp³-hybridized carbons (Fsp3) is 0.136. The van der Waals surface area contributed by atoms with Crippen LogP contribution in [0.1, 0.15) is 50.7 Å². The van der Waals surface area contributed by atoms with Crippen molar-refractivity contribution in [1.82, 2.24) is 0 Å². The molecule has 0 saturated carbocycles. The number of anilines is 3. The smallest absolute Gasteiger partial charge is 0.0468 e. The van der Waals surface area contributed by atoms with E-state index in [2.05, 4.69) is 172 Å². The van der Waals surface area contributed by atoms with E-state index in [1.54, 1.807) is 0 Å². The van der Waals surface area contributed by atoms with Crippen LogP contribution in [0.2, 0.25) is 0 Å². The Morgan fingerprint density at radius 2 is 0.800 bits per heavy atom. The van der Waals surface area contributed by atoms with Gasteiger partial charge in [-0.3, -0.25) is 0 Å². The number of benzene rings is 7. The summed E-state index contributed by atoms with van der Waals surface area (Å²) in [6.07, 6.45) is 0. The van der Waals surface area contributed by atoms with Crippen LogP contribution in [0.3, 0.4) is 0 Å². The van der Waals surface area contributed by atoms with Crippen LogP contribution in [-0.2, 0) is 0 Å². The van der Waals surface area contributed by atoms with Crippen LogP contribution in [0.15, 0.2) is 140 Å². The second kappa shape index (κ2) is 10.8. The zero-order valence-corrected chi connectivity index (χ0v) is 26.4. The van der Waals surface area contributed by atoms with Crippen molar-refractivity contribution in [2.24, 2.45) is 0 Å². The molecule has 7 aromatic carbocycles. The summed E-state index contributed by atoms with van der Waals surface area (Å²) in [5.74, 6) is 1.00. The standard InChI is InChI=1S/C44H37N/c1-28(2)30-12-17-38(18-13-30)45(39-19-14-31(15-20-39)29(3)4)40-21-16-35-25-42-43-26-36-22-33(32-8-6-5-7-9-32)10-11-34(36)24-41(43)44(42)27-37(35)23-40/h5-29H,1-4H3. The number of hydrogen-bond donors (Lipinski definition) is 0. The lowest BCUT2D eigenvalue weighted by molar-refractivity contribution is 0.866. The second-order valence-corrected chi connectivity index (χ2v) is 13.1. The molecule has 1 aliphatic rings. The number of rotatable bonds is 6. The van der Waals surface area contributed by atoms with E-state index in [4.69, 9.17) is 0 Å². The molecule has 0 atom stereocenters. The van der Waals surface area contributed by atoms with Crippen LogP contribution in [-0.4, -0.2) is 0 Å². The van der Waals surface area contributed by atoms with Gasteiger partial charge in [-0.25, -0.2) is 0 Å². The van der Waals surface area contributed by atoms with Gasteiger partial charge in [0.05, 0.1) is 0 Å². The van der Waals surface area contributed by atoms with E-state index in [9.17, 15) is 0 Å². The van der Waals surface area contributed by atoms with Gasteiger partial charge in [0.25, 0.3) is 0 Å². The predicted molar refractivity (Wildman–Crippen MR) is 194 cm³/mol. The topological polar surface area (TPSA) is 3.24 Å². The Kier molecular flexibility index (Phi) is 6.57. The lowest BCUT2D eigenvalue weighted by Crippen LogP contribution is -2.10. The summed E-state index contributed by atoms with van der Waals surface area (Å²) in [5, 5.41) is 5.11. The van der Waals surface area contributed by atoms with Gasteiger partial charge in [0.2, 0.25) is 0 Å². The van der Waals surface area contributed by atoms with E-state index >= 15 is 0 Å². The Morgan fingerprint density at radius 3 is 1.31 bits per heavy atom. The van der Waals surface area contributed by atoms with Crippen LogP contribution in [0.4, 0.5) is 17.1 Å². The monoisotopic (exact) mass is 579 g/mol. The zero-order chi connectivity index (χ0) is 30.7. The molecule has 0 amide bonds. The van der Waals surface area contributed by atoms with Crippen LogP contribution >= 0.6 is 0 Å². The first kappa shape index (κ1) is 27.4. The molecule has 218 valence electrons. The van der Waals surface area contributed by atoms with Gasteiger partial charge >= 0.3 is 0 Å².